The fourth-order valence-corrected chi connectivity index (χ4v) is 2.63. The highest BCUT2D eigenvalue weighted by Gasteiger charge is 2.18. The maximum absolute atomic E-state index is 13.0. The molecule has 4 nitrogen and oxygen atoms in total. The van der Waals surface area contributed by atoms with Crippen LogP contribution in [-0.2, 0) is 9.84 Å². The van der Waals surface area contributed by atoms with Crippen molar-refractivity contribution in [2.24, 2.45) is 0 Å². The zero-order chi connectivity index (χ0) is 14.8. The Morgan fingerprint density at radius 2 is 1.80 bits per heavy atom. The van der Waals surface area contributed by atoms with E-state index in [2.05, 4.69) is 5.32 Å². The number of anilines is 1. The van der Waals surface area contributed by atoms with Crippen molar-refractivity contribution in [1.29, 1.82) is 0 Å². The van der Waals surface area contributed by atoms with Gasteiger partial charge in [0.05, 0.1) is 10.5 Å². The zero-order valence-corrected chi connectivity index (χ0v) is 11.4. The lowest BCUT2D eigenvalue weighted by Gasteiger charge is -2.08. The number of hydrogen-bond acceptors (Lipinski definition) is 3. The van der Waals surface area contributed by atoms with Crippen LogP contribution >= 0.6 is 0 Å². The van der Waals surface area contributed by atoms with Crippen LogP contribution in [0.4, 0.5) is 10.1 Å². The van der Waals surface area contributed by atoms with Gasteiger partial charge in [-0.1, -0.05) is 18.2 Å². The smallest absolute Gasteiger partial charge is 0.256 e. The van der Waals surface area contributed by atoms with Gasteiger partial charge in [0.25, 0.3) is 5.91 Å². The van der Waals surface area contributed by atoms with Crippen LogP contribution < -0.4 is 5.32 Å². The Labute approximate surface area is 116 Å². The predicted octanol–water partition coefficient (Wildman–Crippen LogP) is 2.48. The van der Waals surface area contributed by atoms with E-state index < -0.39 is 21.6 Å². The first-order chi connectivity index (χ1) is 9.38. The number of benzene rings is 2. The number of halogens is 1. The lowest BCUT2D eigenvalue weighted by Crippen LogP contribution is -2.16. The second-order valence-electron chi connectivity index (χ2n) is 4.23. The van der Waals surface area contributed by atoms with Crippen molar-refractivity contribution in [3.05, 3.63) is 59.9 Å². The molecule has 0 spiro atoms. The third-order valence-electron chi connectivity index (χ3n) is 2.61. The average molecular weight is 293 g/mol. The molecule has 0 bridgehead atoms. The molecule has 1 amide bonds. The summed E-state index contributed by atoms with van der Waals surface area (Å²) >= 11 is 0. The summed E-state index contributed by atoms with van der Waals surface area (Å²) in [5.41, 5.74) is 0.289. The Morgan fingerprint density at radius 3 is 2.45 bits per heavy atom. The van der Waals surface area contributed by atoms with Crippen LogP contribution in [0.1, 0.15) is 10.4 Å². The molecule has 20 heavy (non-hydrogen) atoms. The van der Waals surface area contributed by atoms with Gasteiger partial charge in [0, 0.05) is 11.9 Å². The van der Waals surface area contributed by atoms with Gasteiger partial charge in [-0.25, -0.2) is 12.8 Å². The van der Waals surface area contributed by atoms with Crippen LogP contribution in [0.5, 0.6) is 0 Å². The van der Waals surface area contributed by atoms with Gasteiger partial charge >= 0.3 is 0 Å². The molecule has 0 radical (unpaired) electrons. The van der Waals surface area contributed by atoms with Crippen LogP contribution in [0.25, 0.3) is 0 Å². The molecule has 0 fully saturated rings. The van der Waals surface area contributed by atoms with E-state index >= 15 is 0 Å². The Kier molecular flexibility index (Phi) is 3.85. The number of carbonyl (C=O) groups excluding carboxylic acids is 1. The van der Waals surface area contributed by atoms with Crippen LogP contribution in [0.2, 0.25) is 0 Å². The minimum atomic E-state index is -3.51. The van der Waals surface area contributed by atoms with Crippen molar-refractivity contribution < 1.29 is 17.6 Å². The van der Waals surface area contributed by atoms with Crippen molar-refractivity contribution >= 4 is 21.4 Å². The third-order valence-corrected chi connectivity index (χ3v) is 3.77. The first-order valence-electron chi connectivity index (χ1n) is 5.74. The summed E-state index contributed by atoms with van der Waals surface area (Å²) in [5, 5.41) is 2.47. The first kappa shape index (κ1) is 14.2. The molecule has 0 heterocycles. The van der Waals surface area contributed by atoms with Crippen molar-refractivity contribution in [3.8, 4) is 0 Å². The molecular formula is C14H12FNO3S. The molecule has 0 saturated carbocycles. The van der Waals surface area contributed by atoms with E-state index in [0.29, 0.717) is 0 Å². The largest absolute Gasteiger partial charge is 0.322 e. The second-order valence-corrected chi connectivity index (χ2v) is 6.22. The summed E-state index contributed by atoms with van der Waals surface area (Å²) in [7, 11) is -3.51. The number of amides is 1. The molecule has 2 aromatic rings. The summed E-state index contributed by atoms with van der Waals surface area (Å²) in [6.45, 7) is 0. The maximum Gasteiger partial charge on any atom is 0.256 e. The van der Waals surface area contributed by atoms with E-state index in [1.54, 1.807) is 6.07 Å². The van der Waals surface area contributed by atoms with Gasteiger partial charge in [-0.2, -0.15) is 0 Å². The van der Waals surface area contributed by atoms with Gasteiger partial charge in [-0.05, 0) is 30.3 Å². The minimum Gasteiger partial charge on any atom is -0.322 e. The number of sulfone groups is 1. The highest BCUT2D eigenvalue weighted by molar-refractivity contribution is 7.90. The van der Waals surface area contributed by atoms with Gasteiger partial charge < -0.3 is 5.32 Å². The highest BCUT2D eigenvalue weighted by atomic mass is 32.2. The summed E-state index contributed by atoms with van der Waals surface area (Å²) in [6.07, 6.45) is 1.03. The maximum atomic E-state index is 13.0. The van der Waals surface area contributed by atoms with E-state index in [9.17, 15) is 17.6 Å². The summed E-state index contributed by atoms with van der Waals surface area (Å²) in [4.78, 5) is 12.0. The van der Waals surface area contributed by atoms with Crippen LogP contribution in [0.3, 0.4) is 0 Å². The van der Waals surface area contributed by atoms with Gasteiger partial charge in [-0.15, -0.1) is 0 Å². The summed E-state index contributed by atoms with van der Waals surface area (Å²) in [5.74, 6) is -1.09. The van der Waals surface area contributed by atoms with Crippen molar-refractivity contribution in [1.82, 2.24) is 0 Å². The van der Waals surface area contributed by atoms with E-state index in [0.717, 1.165) is 12.3 Å². The molecule has 1 N–H and O–H groups in total. The topological polar surface area (TPSA) is 63.2 Å². The second kappa shape index (κ2) is 5.42. The molecule has 2 rings (SSSR count). The zero-order valence-electron chi connectivity index (χ0n) is 10.6. The predicted molar refractivity (Wildman–Crippen MR) is 73.9 cm³/mol. The molecule has 0 aliphatic heterocycles. The number of nitrogens with one attached hydrogen (secondary N) is 1. The molecule has 2 aromatic carbocycles. The molecule has 0 aliphatic rings. The fourth-order valence-electron chi connectivity index (χ4n) is 1.74. The standard InChI is InChI=1S/C14H12FNO3S/c1-20(18,19)13-8-3-2-7-12(13)14(17)16-11-6-4-5-10(15)9-11/h2-9H,1H3,(H,16,17). The van der Waals surface area contributed by atoms with Crippen LogP contribution in [0.15, 0.2) is 53.4 Å². The third kappa shape index (κ3) is 3.21. The highest BCUT2D eigenvalue weighted by Crippen LogP contribution is 2.17. The summed E-state index contributed by atoms with van der Waals surface area (Å²) < 4.78 is 36.3. The first-order valence-corrected chi connectivity index (χ1v) is 7.63. The van der Waals surface area contributed by atoms with E-state index in [-0.39, 0.29) is 16.1 Å². The monoisotopic (exact) mass is 293 g/mol. The van der Waals surface area contributed by atoms with Gasteiger partial charge in [0.2, 0.25) is 0 Å². The number of rotatable bonds is 3. The van der Waals surface area contributed by atoms with Crippen LogP contribution in [-0.4, -0.2) is 20.6 Å². The van der Waals surface area contributed by atoms with E-state index in [1.165, 1.54) is 36.4 Å². The fraction of sp³-hybridized carbons (Fsp3) is 0.0714. The van der Waals surface area contributed by atoms with Crippen molar-refractivity contribution in [2.45, 2.75) is 4.90 Å². The molecular weight excluding hydrogens is 281 g/mol. The Balaban J connectivity index is 2.36. The molecule has 0 aliphatic carbocycles. The van der Waals surface area contributed by atoms with Gasteiger partial charge in [-0.3, -0.25) is 4.79 Å². The molecule has 0 aromatic heterocycles. The normalized spacial score (nSPS) is 11.1. The average Bonchev–Trinajstić information content (AvgIpc) is 2.37. The quantitative estimate of drug-likeness (QED) is 0.945. The number of carbonyl (C=O) groups is 1. The molecule has 104 valence electrons. The van der Waals surface area contributed by atoms with Crippen molar-refractivity contribution in [2.75, 3.05) is 11.6 Å². The Bertz CT molecular complexity index is 757. The minimum absolute atomic E-state index is 0.0271. The van der Waals surface area contributed by atoms with Crippen molar-refractivity contribution in [3.63, 3.8) is 0 Å². The van der Waals surface area contributed by atoms with Gasteiger partial charge in [0.15, 0.2) is 9.84 Å². The Morgan fingerprint density at radius 1 is 1.10 bits per heavy atom. The van der Waals surface area contributed by atoms with E-state index in [4.69, 9.17) is 0 Å². The van der Waals surface area contributed by atoms with Gasteiger partial charge in [0.1, 0.15) is 5.82 Å². The molecule has 6 heteroatoms. The van der Waals surface area contributed by atoms with E-state index in [1.807, 2.05) is 0 Å². The Hall–Kier alpha value is -2.21. The van der Waals surface area contributed by atoms with Crippen LogP contribution in [0, 0.1) is 5.82 Å². The SMILES string of the molecule is CS(=O)(=O)c1ccccc1C(=O)Nc1cccc(F)c1. The number of hydrogen-bond donors (Lipinski definition) is 1. The molecule has 0 atom stereocenters. The lowest BCUT2D eigenvalue weighted by molar-refractivity contribution is 0.102. The molecule has 0 saturated heterocycles. The summed E-state index contributed by atoms with van der Waals surface area (Å²) in [6, 6.07) is 11.2. The lowest BCUT2D eigenvalue weighted by atomic mass is 10.2. The molecule has 0 unspecified atom stereocenters.